The highest BCUT2D eigenvalue weighted by atomic mass is 19.4. The molecule has 0 atom stereocenters. The maximum absolute atomic E-state index is 13.7. The monoisotopic (exact) mass is 391 g/mol. The molecule has 0 saturated carbocycles. The highest BCUT2D eigenvalue weighted by Gasteiger charge is 2.38. The van der Waals surface area contributed by atoms with Crippen molar-refractivity contribution in [3.8, 4) is 17.0 Å². The van der Waals surface area contributed by atoms with Crippen LogP contribution in [0.15, 0.2) is 36.5 Å². The van der Waals surface area contributed by atoms with Crippen LogP contribution in [-0.4, -0.2) is 28.2 Å². The van der Waals surface area contributed by atoms with Gasteiger partial charge >= 0.3 is 12.1 Å². The summed E-state index contributed by atoms with van der Waals surface area (Å²) in [5.74, 6) is -1.21. The van der Waals surface area contributed by atoms with Crippen LogP contribution in [0.2, 0.25) is 0 Å². The summed E-state index contributed by atoms with van der Waals surface area (Å²) in [5.41, 5.74) is 5.40. The van der Waals surface area contributed by atoms with Gasteiger partial charge in [0.25, 0.3) is 0 Å². The number of fused-ring (bicyclic) bond motifs is 1. The van der Waals surface area contributed by atoms with Crippen molar-refractivity contribution in [2.24, 2.45) is 0 Å². The molecule has 6 nitrogen and oxygen atoms in total. The summed E-state index contributed by atoms with van der Waals surface area (Å²) in [6, 6.07) is 7.30. The van der Waals surface area contributed by atoms with Gasteiger partial charge in [0.1, 0.15) is 17.1 Å². The Hall–Kier alpha value is -3.36. The Morgan fingerprint density at radius 2 is 1.96 bits per heavy atom. The lowest BCUT2D eigenvalue weighted by molar-refractivity contribution is -0.138. The number of halogens is 3. The van der Waals surface area contributed by atoms with E-state index in [0.29, 0.717) is 10.9 Å². The highest BCUT2D eigenvalue weighted by molar-refractivity contribution is 5.96. The van der Waals surface area contributed by atoms with Crippen molar-refractivity contribution in [3.63, 3.8) is 0 Å². The first-order valence-electron chi connectivity index (χ1n) is 8.23. The van der Waals surface area contributed by atoms with Crippen molar-refractivity contribution in [1.29, 1.82) is 0 Å². The predicted molar refractivity (Wildman–Crippen MR) is 96.9 cm³/mol. The predicted octanol–water partition coefficient (Wildman–Crippen LogP) is 3.92. The summed E-state index contributed by atoms with van der Waals surface area (Å²) >= 11 is 0. The number of methoxy groups -OCH3 is 1. The third-order valence-electron chi connectivity index (χ3n) is 4.25. The zero-order valence-corrected chi connectivity index (χ0v) is 14.7. The number of hydrogen-bond acceptors (Lipinski definition) is 5. The van der Waals surface area contributed by atoms with E-state index in [1.54, 1.807) is 12.1 Å². The minimum absolute atomic E-state index is 0.121. The molecule has 0 aliphatic heterocycles. The number of carboxylic acid groups (broad SMARTS) is 1. The fourth-order valence-electron chi connectivity index (χ4n) is 3.03. The van der Waals surface area contributed by atoms with E-state index >= 15 is 0 Å². The Balaban J connectivity index is 2.30. The largest absolute Gasteiger partial charge is 0.496 e. The standard InChI is InChI=1S/C19H16F3N3O3/c1-28-13-8-9-24-18(16(13)19(20,21)22)12-4-2-10(3-7-15(26)27)11-5-6-14(23)25-17(11)12/h2,4-6,8-9H,3,7H2,1H3,(H2,23,25)(H,26,27). The molecule has 0 aliphatic rings. The number of nitrogens with zero attached hydrogens (tertiary/aromatic N) is 2. The molecule has 0 bridgehead atoms. The first-order chi connectivity index (χ1) is 13.2. The van der Waals surface area contributed by atoms with E-state index in [1.807, 2.05) is 0 Å². The number of benzene rings is 1. The fourth-order valence-corrected chi connectivity index (χ4v) is 3.03. The Morgan fingerprint density at radius 3 is 2.61 bits per heavy atom. The molecule has 9 heteroatoms. The maximum Gasteiger partial charge on any atom is 0.422 e. The molecule has 0 spiro atoms. The summed E-state index contributed by atoms with van der Waals surface area (Å²) in [7, 11) is 1.15. The van der Waals surface area contributed by atoms with Crippen LogP contribution in [0.5, 0.6) is 5.75 Å². The molecule has 0 saturated heterocycles. The number of alkyl halides is 3. The van der Waals surface area contributed by atoms with Gasteiger partial charge in [0, 0.05) is 23.6 Å². The molecule has 0 aliphatic carbocycles. The lowest BCUT2D eigenvalue weighted by Gasteiger charge is -2.17. The smallest absolute Gasteiger partial charge is 0.422 e. The van der Waals surface area contributed by atoms with Crippen LogP contribution in [0.1, 0.15) is 17.5 Å². The summed E-state index contributed by atoms with van der Waals surface area (Å²) < 4.78 is 46.0. The number of aryl methyl sites for hydroxylation is 1. The number of pyridine rings is 2. The number of hydrogen-bond donors (Lipinski definition) is 2. The van der Waals surface area contributed by atoms with Gasteiger partial charge < -0.3 is 15.6 Å². The van der Waals surface area contributed by atoms with Crippen LogP contribution < -0.4 is 10.5 Å². The van der Waals surface area contributed by atoms with Crippen LogP contribution in [0.3, 0.4) is 0 Å². The second kappa shape index (κ2) is 7.34. The Morgan fingerprint density at radius 1 is 1.21 bits per heavy atom. The third-order valence-corrected chi connectivity index (χ3v) is 4.25. The molecular formula is C19H16F3N3O3. The molecular weight excluding hydrogens is 375 g/mol. The average Bonchev–Trinajstić information content (AvgIpc) is 2.64. The molecule has 1 aromatic carbocycles. The van der Waals surface area contributed by atoms with Crippen LogP contribution in [0, 0.1) is 0 Å². The molecule has 146 valence electrons. The Bertz CT molecular complexity index is 1050. The quantitative estimate of drug-likeness (QED) is 0.684. The minimum Gasteiger partial charge on any atom is -0.496 e. The van der Waals surface area contributed by atoms with E-state index in [0.717, 1.165) is 13.2 Å². The van der Waals surface area contributed by atoms with Crippen molar-refractivity contribution < 1.29 is 27.8 Å². The zero-order chi connectivity index (χ0) is 20.5. The van der Waals surface area contributed by atoms with E-state index < -0.39 is 17.7 Å². The first kappa shape index (κ1) is 19.4. The van der Waals surface area contributed by atoms with Crippen molar-refractivity contribution in [2.45, 2.75) is 19.0 Å². The Labute approximate surface area is 157 Å². The summed E-state index contributed by atoms with van der Waals surface area (Å²) in [5, 5.41) is 9.44. The average molecular weight is 391 g/mol. The first-order valence-corrected chi connectivity index (χ1v) is 8.23. The van der Waals surface area contributed by atoms with Crippen molar-refractivity contribution >= 4 is 22.7 Å². The van der Waals surface area contributed by atoms with E-state index in [9.17, 15) is 18.0 Å². The minimum atomic E-state index is -4.70. The van der Waals surface area contributed by atoms with Crippen LogP contribution >= 0.6 is 0 Å². The molecule has 2 heterocycles. The van der Waals surface area contributed by atoms with E-state index in [1.165, 1.54) is 18.3 Å². The van der Waals surface area contributed by atoms with Gasteiger partial charge in [0.05, 0.1) is 18.3 Å². The normalized spacial score (nSPS) is 11.6. The number of nitrogens with two attached hydrogens (primary N) is 1. The number of aliphatic carboxylic acids is 1. The second-order valence-electron chi connectivity index (χ2n) is 6.03. The fraction of sp³-hybridized carbons (Fsp3) is 0.211. The van der Waals surface area contributed by atoms with Gasteiger partial charge in [-0.25, -0.2) is 4.98 Å². The molecule has 0 amide bonds. The van der Waals surface area contributed by atoms with Crippen LogP contribution in [0.4, 0.5) is 19.0 Å². The number of rotatable bonds is 5. The molecule has 0 unspecified atom stereocenters. The topological polar surface area (TPSA) is 98.3 Å². The van der Waals surface area contributed by atoms with Gasteiger partial charge in [-0.05, 0) is 30.2 Å². The SMILES string of the molecule is COc1ccnc(-c2ccc(CCC(=O)O)c3ccc(N)nc23)c1C(F)(F)F. The van der Waals surface area contributed by atoms with E-state index in [2.05, 4.69) is 9.97 Å². The number of carbonyl (C=O) groups is 1. The lowest BCUT2D eigenvalue weighted by atomic mass is 9.96. The van der Waals surface area contributed by atoms with E-state index in [-0.39, 0.29) is 41.2 Å². The van der Waals surface area contributed by atoms with Crippen LogP contribution in [0.25, 0.3) is 22.2 Å². The Kier molecular flexibility index (Phi) is 5.08. The van der Waals surface area contributed by atoms with Gasteiger partial charge in [0.2, 0.25) is 0 Å². The van der Waals surface area contributed by atoms with Crippen molar-refractivity contribution in [2.75, 3.05) is 12.8 Å². The molecule has 2 aromatic heterocycles. The maximum atomic E-state index is 13.7. The van der Waals surface area contributed by atoms with Gasteiger partial charge in [0.15, 0.2) is 0 Å². The van der Waals surface area contributed by atoms with Gasteiger partial charge in [-0.1, -0.05) is 12.1 Å². The van der Waals surface area contributed by atoms with Gasteiger partial charge in [-0.3, -0.25) is 9.78 Å². The number of carboxylic acids is 1. The molecule has 3 rings (SSSR count). The number of anilines is 1. The second-order valence-corrected chi connectivity index (χ2v) is 6.03. The van der Waals surface area contributed by atoms with Gasteiger partial charge in [-0.15, -0.1) is 0 Å². The summed E-state index contributed by atoms with van der Waals surface area (Å²) in [6.45, 7) is 0. The lowest BCUT2D eigenvalue weighted by Crippen LogP contribution is -2.11. The summed E-state index contributed by atoms with van der Waals surface area (Å²) in [4.78, 5) is 19.0. The van der Waals surface area contributed by atoms with E-state index in [4.69, 9.17) is 15.6 Å². The van der Waals surface area contributed by atoms with Crippen molar-refractivity contribution in [1.82, 2.24) is 9.97 Å². The van der Waals surface area contributed by atoms with Crippen molar-refractivity contribution in [3.05, 3.63) is 47.7 Å². The third kappa shape index (κ3) is 3.68. The molecule has 28 heavy (non-hydrogen) atoms. The van der Waals surface area contributed by atoms with Gasteiger partial charge in [-0.2, -0.15) is 13.2 Å². The zero-order valence-electron chi connectivity index (χ0n) is 14.7. The molecule has 3 aromatic rings. The van der Waals surface area contributed by atoms with Crippen LogP contribution in [-0.2, 0) is 17.4 Å². The number of ether oxygens (including phenoxy) is 1. The number of nitrogen functional groups attached to an aromatic ring is 1. The number of aromatic nitrogens is 2. The molecule has 0 fully saturated rings. The molecule has 3 N–H and O–H groups in total. The highest BCUT2D eigenvalue weighted by Crippen LogP contribution is 2.43. The molecule has 0 radical (unpaired) electrons. The summed E-state index contributed by atoms with van der Waals surface area (Å²) in [6.07, 6.45) is -3.40.